The first kappa shape index (κ1) is 16.6. The summed E-state index contributed by atoms with van der Waals surface area (Å²) in [7, 11) is 1.59. The number of aryl methyl sites for hydroxylation is 1. The molecule has 0 saturated heterocycles. The predicted octanol–water partition coefficient (Wildman–Crippen LogP) is 4.27. The number of ether oxygens (including phenoxy) is 1. The number of anilines is 1. The van der Waals surface area contributed by atoms with Gasteiger partial charge in [0.15, 0.2) is 5.11 Å². The highest BCUT2D eigenvalue weighted by molar-refractivity contribution is 7.80. The molecule has 2 aromatic carbocycles. The summed E-state index contributed by atoms with van der Waals surface area (Å²) in [6.07, 6.45) is 2.06. The first-order valence-corrected chi connectivity index (χ1v) is 7.90. The average molecular weight is 335 g/mol. The summed E-state index contributed by atoms with van der Waals surface area (Å²) in [6, 6.07) is 15.9. The van der Waals surface area contributed by atoms with Gasteiger partial charge in [-0.25, -0.2) is 0 Å². The fraction of sp³-hybridized carbons (Fsp3) is 0.235. The fourth-order valence-corrected chi connectivity index (χ4v) is 2.54. The second-order valence-corrected chi connectivity index (χ2v) is 5.63. The molecule has 5 heteroatoms. The van der Waals surface area contributed by atoms with Crippen molar-refractivity contribution >= 4 is 34.6 Å². The van der Waals surface area contributed by atoms with E-state index in [9.17, 15) is 0 Å². The van der Waals surface area contributed by atoms with E-state index >= 15 is 0 Å². The summed E-state index contributed by atoms with van der Waals surface area (Å²) in [6.45, 7) is 0.824. The molecule has 0 spiro atoms. The van der Waals surface area contributed by atoms with Crippen molar-refractivity contribution in [2.75, 3.05) is 19.0 Å². The van der Waals surface area contributed by atoms with Crippen LogP contribution in [0.4, 0.5) is 5.69 Å². The van der Waals surface area contributed by atoms with Gasteiger partial charge in [-0.05, 0) is 48.8 Å². The molecular weight excluding hydrogens is 316 g/mol. The Morgan fingerprint density at radius 3 is 2.64 bits per heavy atom. The van der Waals surface area contributed by atoms with E-state index in [0.29, 0.717) is 15.9 Å². The maximum absolute atomic E-state index is 6.08. The van der Waals surface area contributed by atoms with E-state index in [1.807, 2.05) is 18.2 Å². The van der Waals surface area contributed by atoms with Crippen molar-refractivity contribution in [3.05, 3.63) is 59.1 Å². The van der Waals surface area contributed by atoms with E-state index in [1.165, 1.54) is 5.56 Å². The Bertz CT molecular complexity index is 619. The maximum atomic E-state index is 6.08. The Kier molecular flexibility index (Phi) is 6.49. The molecular formula is C17H19ClN2OS. The smallest absolute Gasteiger partial charge is 0.170 e. The topological polar surface area (TPSA) is 33.3 Å². The summed E-state index contributed by atoms with van der Waals surface area (Å²) >= 11 is 11.4. The second kappa shape index (κ2) is 8.61. The van der Waals surface area contributed by atoms with Crippen LogP contribution in [0.15, 0.2) is 48.5 Å². The monoisotopic (exact) mass is 334 g/mol. The van der Waals surface area contributed by atoms with E-state index in [4.69, 9.17) is 28.6 Å². The quantitative estimate of drug-likeness (QED) is 0.610. The molecule has 0 aromatic heterocycles. The van der Waals surface area contributed by atoms with Crippen LogP contribution < -0.4 is 15.4 Å². The van der Waals surface area contributed by atoms with Crippen LogP contribution in [0.25, 0.3) is 0 Å². The van der Waals surface area contributed by atoms with Crippen LogP contribution in [-0.4, -0.2) is 18.8 Å². The molecule has 3 nitrogen and oxygen atoms in total. The molecule has 0 aliphatic rings. The zero-order chi connectivity index (χ0) is 15.8. The van der Waals surface area contributed by atoms with Crippen LogP contribution in [0, 0.1) is 0 Å². The van der Waals surface area contributed by atoms with Gasteiger partial charge in [0.05, 0.1) is 12.1 Å². The Morgan fingerprint density at radius 1 is 1.18 bits per heavy atom. The molecule has 0 aliphatic carbocycles. The zero-order valence-electron chi connectivity index (χ0n) is 12.4. The van der Waals surface area contributed by atoms with Crippen LogP contribution in [0.1, 0.15) is 12.0 Å². The second-order valence-electron chi connectivity index (χ2n) is 4.82. The summed E-state index contributed by atoms with van der Waals surface area (Å²) in [5.74, 6) is 0.647. The fourth-order valence-electron chi connectivity index (χ4n) is 2.06. The number of halogens is 1. The normalized spacial score (nSPS) is 10.1. The summed E-state index contributed by atoms with van der Waals surface area (Å²) < 4.78 is 5.12. The lowest BCUT2D eigenvalue weighted by molar-refractivity contribution is 0.415. The van der Waals surface area contributed by atoms with Crippen LogP contribution >= 0.6 is 23.8 Å². The number of thiocarbonyl (C=S) groups is 1. The molecule has 0 unspecified atom stereocenters. The van der Waals surface area contributed by atoms with Crippen LogP contribution in [-0.2, 0) is 6.42 Å². The van der Waals surface area contributed by atoms with Crippen molar-refractivity contribution in [2.45, 2.75) is 12.8 Å². The molecule has 2 aromatic rings. The molecule has 2 rings (SSSR count). The highest BCUT2D eigenvalue weighted by Gasteiger charge is 2.03. The van der Waals surface area contributed by atoms with Gasteiger partial charge in [0, 0.05) is 12.2 Å². The van der Waals surface area contributed by atoms with Gasteiger partial charge >= 0.3 is 0 Å². The van der Waals surface area contributed by atoms with Gasteiger partial charge in [-0.1, -0.05) is 41.9 Å². The minimum absolute atomic E-state index is 0.555. The van der Waals surface area contributed by atoms with Crippen molar-refractivity contribution in [1.29, 1.82) is 0 Å². The third-order valence-corrected chi connectivity index (χ3v) is 3.72. The Labute approximate surface area is 141 Å². The van der Waals surface area contributed by atoms with Crippen LogP contribution in [0.5, 0.6) is 5.75 Å². The zero-order valence-corrected chi connectivity index (χ0v) is 14.0. The number of hydrogen-bond donors (Lipinski definition) is 2. The van der Waals surface area contributed by atoms with Gasteiger partial charge in [-0.2, -0.15) is 0 Å². The first-order chi connectivity index (χ1) is 10.7. The molecule has 0 radical (unpaired) electrons. The number of methoxy groups -OCH3 is 1. The molecule has 0 atom stereocenters. The van der Waals surface area contributed by atoms with E-state index in [-0.39, 0.29) is 0 Å². The minimum Gasteiger partial charge on any atom is -0.495 e. The van der Waals surface area contributed by atoms with E-state index in [0.717, 1.165) is 25.1 Å². The number of benzene rings is 2. The van der Waals surface area contributed by atoms with Crippen molar-refractivity contribution < 1.29 is 4.74 Å². The SMILES string of the molecule is COc1ccc(NC(=S)NCCCc2ccccc2)cc1Cl. The van der Waals surface area contributed by atoms with Gasteiger partial charge in [0.2, 0.25) is 0 Å². The molecule has 0 bridgehead atoms. The Hall–Kier alpha value is -1.78. The van der Waals surface area contributed by atoms with E-state index in [2.05, 4.69) is 34.9 Å². The van der Waals surface area contributed by atoms with Gasteiger partial charge in [-0.15, -0.1) is 0 Å². The number of rotatable bonds is 6. The summed E-state index contributed by atoms with van der Waals surface area (Å²) in [5, 5.41) is 7.46. The van der Waals surface area contributed by atoms with Crippen molar-refractivity contribution in [1.82, 2.24) is 5.32 Å². The largest absolute Gasteiger partial charge is 0.495 e. The lowest BCUT2D eigenvalue weighted by atomic mass is 10.1. The summed E-state index contributed by atoms with van der Waals surface area (Å²) in [5.41, 5.74) is 2.18. The highest BCUT2D eigenvalue weighted by atomic mass is 35.5. The standard InChI is InChI=1S/C17H19ClN2OS/c1-21-16-10-9-14(12-15(16)18)20-17(22)19-11-5-8-13-6-3-2-4-7-13/h2-4,6-7,9-10,12H,5,8,11H2,1H3,(H2,19,20,22). The first-order valence-electron chi connectivity index (χ1n) is 7.11. The third kappa shape index (κ3) is 5.20. The lowest BCUT2D eigenvalue weighted by Gasteiger charge is -2.11. The van der Waals surface area contributed by atoms with Gasteiger partial charge in [-0.3, -0.25) is 0 Å². The molecule has 0 amide bonds. The third-order valence-electron chi connectivity index (χ3n) is 3.18. The van der Waals surface area contributed by atoms with Gasteiger partial charge in [0.1, 0.15) is 5.75 Å². The molecule has 2 N–H and O–H groups in total. The van der Waals surface area contributed by atoms with E-state index < -0.39 is 0 Å². The maximum Gasteiger partial charge on any atom is 0.170 e. The van der Waals surface area contributed by atoms with Crippen LogP contribution in [0.3, 0.4) is 0 Å². The van der Waals surface area contributed by atoms with Crippen molar-refractivity contribution in [3.8, 4) is 5.75 Å². The molecule has 0 heterocycles. The number of hydrogen-bond acceptors (Lipinski definition) is 2. The molecule has 0 aliphatic heterocycles. The van der Waals surface area contributed by atoms with Crippen molar-refractivity contribution in [3.63, 3.8) is 0 Å². The molecule has 0 fully saturated rings. The highest BCUT2D eigenvalue weighted by Crippen LogP contribution is 2.27. The van der Waals surface area contributed by atoms with Gasteiger partial charge in [0.25, 0.3) is 0 Å². The summed E-state index contributed by atoms with van der Waals surface area (Å²) in [4.78, 5) is 0. The Morgan fingerprint density at radius 2 is 1.95 bits per heavy atom. The van der Waals surface area contributed by atoms with E-state index in [1.54, 1.807) is 13.2 Å². The minimum atomic E-state index is 0.555. The predicted molar refractivity (Wildman–Crippen MR) is 97.0 cm³/mol. The average Bonchev–Trinajstić information content (AvgIpc) is 2.53. The molecule has 0 saturated carbocycles. The Balaban J connectivity index is 1.73. The van der Waals surface area contributed by atoms with Crippen LogP contribution in [0.2, 0.25) is 5.02 Å². The molecule has 116 valence electrons. The lowest BCUT2D eigenvalue weighted by Crippen LogP contribution is -2.29. The molecule has 22 heavy (non-hydrogen) atoms. The van der Waals surface area contributed by atoms with Gasteiger partial charge < -0.3 is 15.4 Å². The van der Waals surface area contributed by atoms with Crippen molar-refractivity contribution in [2.24, 2.45) is 0 Å². The number of nitrogens with one attached hydrogen (secondary N) is 2.